The first kappa shape index (κ1) is 11.2. The number of fused-ring (bicyclic) bond motifs is 1. The molecule has 3 rings (SSSR count). The summed E-state index contributed by atoms with van der Waals surface area (Å²) < 4.78 is 4.29. The van der Waals surface area contributed by atoms with Crippen LogP contribution in [0.1, 0.15) is 32.1 Å². The van der Waals surface area contributed by atoms with Crippen molar-refractivity contribution in [3.05, 3.63) is 28.2 Å². The first-order valence-corrected chi connectivity index (χ1v) is 7.44. The van der Waals surface area contributed by atoms with Gasteiger partial charge in [-0.25, -0.2) is 4.68 Å². The van der Waals surface area contributed by atoms with Gasteiger partial charge in [0.1, 0.15) is 0 Å². The summed E-state index contributed by atoms with van der Waals surface area (Å²) in [5.74, 6) is 0. The minimum absolute atomic E-state index is 0.591. The molecular weight excluding hydrogens is 248 g/mol. The molecule has 1 aliphatic rings. The van der Waals surface area contributed by atoms with Crippen molar-refractivity contribution in [3.63, 3.8) is 0 Å². The highest BCUT2D eigenvalue weighted by atomic mass is 32.1. The van der Waals surface area contributed by atoms with Crippen LogP contribution in [-0.4, -0.2) is 10.7 Å². The predicted molar refractivity (Wildman–Crippen MR) is 76.9 cm³/mol. The van der Waals surface area contributed by atoms with Crippen LogP contribution in [0.25, 0.3) is 10.2 Å². The molecular formula is C13H16N2S2. The van der Waals surface area contributed by atoms with E-state index in [0.717, 1.165) is 3.95 Å². The van der Waals surface area contributed by atoms with E-state index in [1.54, 1.807) is 11.3 Å². The molecule has 0 amide bonds. The molecule has 0 aliphatic heterocycles. The second kappa shape index (κ2) is 4.78. The molecule has 1 saturated carbocycles. The Bertz CT molecular complexity index is 564. The number of hydrogen-bond donors (Lipinski definition) is 1. The van der Waals surface area contributed by atoms with Gasteiger partial charge in [0.25, 0.3) is 0 Å². The van der Waals surface area contributed by atoms with Crippen LogP contribution in [0, 0.1) is 3.95 Å². The molecule has 2 nitrogen and oxygen atoms in total. The molecule has 0 saturated heterocycles. The molecule has 1 fully saturated rings. The lowest BCUT2D eigenvalue weighted by Gasteiger charge is -2.24. The molecule has 2 aromatic rings. The topological polar surface area (TPSA) is 17.0 Å². The Morgan fingerprint density at radius 2 is 1.94 bits per heavy atom. The quantitative estimate of drug-likeness (QED) is 0.814. The molecule has 1 N–H and O–H groups in total. The zero-order valence-corrected chi connectivity index (χ0v) is 11.3. The Morgan fingerprint density at radius 3 is 2.76 bits per heavy atom. The number of nitrogens with one attached hydrogen (secondary N) is 1. The van der Waals surface area contributed by atoms with Crippen molar-refractivity contribution in [2.45, 2.75) is 38.1 Å². The number of thiazole rings is 1. The van der Waals surface area contributed by atoms with Gasteiger partial charge in [-0.15, -0.1) is 11.3 Å². The van der Waals surface area contributed by atoms with E-state index in [1.807, 2.05) is 0 Å². The van der Waals surface area contributed by atoms with Crippen molar-refractivity contribution in [2.75, 3.05) is 5.43 Å². The van der Waals surface area contributed by atoms with Gasteiger partial charge in [-0.05, 0) is 37.2 Å². The van der Waals surface area contributed by atoms with Crippen molar-refractivity contribution in [1.82, 2.24) is 4.68 Å². The smallest absolute Gasteiger partial charge is 0.180 e. The minimum Gasteiger partial charge on any atom is -0.321 e. The summed E-state index contributed by atoms with van der Waals surface area (Å²) in [6, 6.07) is 9.00. The van der Waals surface area contributed by atoms with Crippen LogP contribution < -0.4 is 5.43 Å². The van der Waals surface area contributed by atoms with E-state index in [2.05, 4.69) is 34.4 Å². The summed E-state index contributed by atoms with van der Waals surface area (Å²) in [4.78, 5) is 0. The van der Waals surface area contributed by atoms with Gasteiger partial charge in [0, 0.05) is 6.04 Å². The van der Waals surface area contributed by atoms with Gasteiger partial charge in [0.05, 0.1) is 10.2 Å². The van der Waals surface area contributed by atoms with Gasteiger partial charge >= 0.3 is 0 Å². The third-order valence-corrected chi connectivity index (χ3v) is 4.76. The highest BCUT2D eigenvalue weighted by molar-refractivity contribution is 7.73. The molecule has 1 aliphatic carbocycles. The van der Waals surface area contributed by atoms with Crippen LogP contribution in [0.3, 0.4) is 0 Å². The lowest BCUT2D eigenvalue weighted by Crippen LogP contribution is -2.29. The molecule has 4 heteroatoms. The molecule has 0 spiro atoms. The fourth-order valence-electron chi connectivity index (χ4n) is 2.50. The van der Waals surface area contributed by atoms with Crippen molar-refractivity contribution in [1.29, 1.82) is 0 Å². The van der Waals surface area contributed by atoms with Crippen molar-refractivity contribution >= 4 is 33.8 Å². The molecule has 0 radical (unpaired) electrons. The van der Waals surface area contributed by atoms with Crippen molar-refractivity contribution < 1.29 is 0 Å². The summed E-state index contributed by atoms with van der Waals surface area (Å²) >= 11 is 7.12. The maximum Gasteiger partial charge on any atom is 0.180 e. The molecule has 1 heterocycles. The minimum atomic E-state index is 0.591. The molecule has 17 heavy (non-hydrogen) atoms. The standard InChI is InChI=1S/C13H16N2S2/c16-13-15(14-10-6-2-1-3-7-10)11-8-4-5-9-12(11)17-13/h4-5,8-10,14H,1-3,6-7H2. The van der Waals surface area contributed by atoms with Crippen molar-refractivity contribution in [2.24, 2.45) is 0 Å². The summed E-state index contributed by atoms with van der Waals surface area (Å²) in [6.45, 7) is 0. The molecule has 1 aromatic heterocycles. The Labute approximate surface area is 110 Å². The summed E-state index contributed by atoms with van der Waals surface area (Å²) in [5.41, 5.74) is 4.81. The van der Waals surface area contributed by atoms with Crippen LogP contribution in [-0.2, 0) is 0 Å². The number of rotatable bonds is 2. The number of hydrogen-bond acceptors (Lipinski definition) is 3. The van der Waals surface area contributed by atoms with Crippen molar-refractivity contribution in [3.8, 4) is 0 Å². The molecule has 1 aromatic carbocycles. The fraction of sp³-hybridized carbons (Fsp3) is 0.462. The van der Waals surface area contributed by atoms with E-state index in [1.165, 1.54) is 42.3 Å². The van der Waals surface area contributed by atoms with Crippen LogP contribution >= 0.6 is 23.6 Å². The summed E-state index contributed by atoms with van der Waals surface area (Å²) in [6.07, 6.45) is 6.60. The maximum absolute atomic E-state index is 5.44. The lowest BCUT2D eigenvalue weighted by molar-refractivity contribution is 0.440. The highest BCUT2D eigenvalue weighted by Crippen LogP contribution is 2.24. The lowest BCUT2D eigenvalue weighted by atomic mass is 9.96. The van der Waals surface area contributed by atoms with E-state index >= 15 is 0 Å². The van der Waals surface area contributed by atoms with E-state index in [9.17, 15) is 0 Å². The molecule has 0 unspecified atom stereocenters. The maximum atomic E-state index is 5.44. The number of para-hydroxylation sites is 1. The Morgan fingerprint density at radius 1 is 1.18 bits per heavy atom. The molecule has 0 atom stereocenters. The van der Waals surface area contributed by atoms with Gasteiger partial charge in [-0.1, -0.05) is 31.4 Å². The average molecular weight is 264 g/mol. The van der Waals surface area contributed by atoms with Crippen LogP contribution in [0.4, 0.5) is 0 Å². The predicted octanol–water partition coefficient (Wildman–Crippen LogP) is 4.31. The summed E-state index contributed by atoms with van der Waals surface area (Å²) in [7, 11) is 0. The normalized spacial score (nSPS) is 17.4. The van der Waals surface area contributed by atoms with E-state index in [4.69, 9.17) is 12.2 Å². The molecule has 90 valence electrons. The van der Waals surface area contributed by atoms with Gasteiger partial charge in [-0.2, -0.15) is 0 Å². The van der Waals surface area contributed by atoms with Crippen LogP contribution in [0.5, 0.6) is 0 Å². The second-order valence-electron chi connectivity index (χ2n) is 4.64. The van der Waals surface area contributed by atoms with Gasteiger partial charge in [0.2, 0.25) is 0 Å². The van der Waals surface area contributed by atoms with Gasteiger partial charge in [0.15, 0.2) is 3.95 Å². The SMILES string of the molecule is S=c1sc2ccccc2n1NC1CCCCC1. The first-order chi connectivity index (χ1) is 8.34. The zero-order chi connectivity index (χ0) is 11.7. The summed E-state index contributed by atoms with van der Waals surface area (Å²) in [5, 5.41) is 0. The zero-order valence-electron chi connectivity index (χ0n) is 9.69. The van der Waals surface area contributed by atoms with E-state index < -0.39 is 0 Å². The van der Waals surface area contributed by atoms with E-state index in [0.29, 0.717) is 6.04 Å². The highest BCUT2D eigenvalue weighted by Gasteiger charge is 2.14. The third-order valence-electron chi connectivity index (χ3n) is 3.40. The molecule has 0 bridgehead atoms. The van der Waals surface area contributed by atoms with Gasteiger partial charge < -0.3 is 5.43 Å². The van der Waals surface area contributed by atoms with E-state index in [-0.39, 0.29) is 0 Å². The Kier molecular flexibility index (Phi) is 3.16. The fourth-order valence-corrected chi connectivity index (χ4v) is 3.76. The van der Waals surface area contributed by atoms with Crippen LogP contribution in [0.2, 0.25) is 0 Å². The number of benzene rings is 1. The van der Waals surface area contributed by atoms with Crippen LogP contribution in [0.15, 0.2) is 24.3 Å². The number of aromatic nitrogens is 1. The second-order valence-corrected chi connectivity index (χ2v) is 6.31. The Balaban J connectivity index is 1.93. The third kappa shape index (κ3) is 2.24. The number of nitrogens with zero attached hydrogens (tertiary/aromatic N) is 1. The monoisotopic (exact) mass is 264 g/mol. The largest absolute Gasteiger partial charge is 0.321 e. The van der Waals surface area contributed by atoms with Gasteiger partial charge in [-0.3, -0.25) is 0 Å². The first-order valence-electron chi connectivity index (χ1n) is 6.22. The Hall–Kier alpha value is -0.870. The average Bonchev–Trinajstić information content (AvgIpc) is 2.68.